The number of aromatic nitrogens is 3. The number of hydrogen-bond acceptors (Lipinski definition) is 7. The first kappa shape index (κ1) is 24.2. The molecule has 3 aromatic rings. The smallest absolute Gasteiger partial charge is 0.234 e. The van der Waals surface area contributed by atoms with Gasteiger partial charge in [-0.3, -0.25) is 9.36 Å². The van der Waals surface area contributed by atoms with E-state index in [-0.39, 0.29) is 17.8 Å². The standard InChI is InChI=1S/C24H28N4O4S/c1-6-12-28-23(17(3)32-19-9-7-8-16(2)13-19)26-27-24(28)33-15-22(29)25-20-11-10-18(30-4)14-21(20)31-5/h6-11,13-14,17H,1,12,15H2,2-5H3,(H,25,29). The first-order valence-electron chi connectivity index (χ1n) is 10.4. The molecule has 0 fully saturated rings. The summed E-state index contributed by atoms with van der Waals surface area (Å²) in [5.41, 5.74) is 1.68. The number of anilines is 1. The molecule has 3 rings (SSSR count). The molecule has 1 N–H and O–H groups in total. The van der Waals surface area contributed by atoms with Crippen LogP contribution in [0.15, 0.2) is 60.3 Å². The normalized spacial score (nSPS) is 11.5. The summed E-state index contributed by atoms with van der Waals surface area (Å²) in [5.74, 6) is 2.55. The average Bonchev–Trinajstić information content (AvgIpc) is 3.21. The van der Waals surface area contributed by atoms with Crippen molar-refractivity contribution in [3.8, 4) is 17.2 Å². The number of hydrogen-bond donors (Lipinski definition) is 1. The zero-order chi connectivity index (χ0) is 23.8. The first-order valence-corrected chi connectivity index (χ1v) is 11.4. The molecule has 33 heavy (non-hydrogen) atoms. The number of nitrogens with one attached hydrogen (secondary N) is 1. The Morgan fingerprint density at radius 3 is 2.70 bits per heavy atom. The van der Waals surface area contributed by atoms with Crippen LogP contribution in [0.5, 0.6) is 17.2 Å². The molecule has 1 unspecified atom stereocenters. The zero-order valence-electron chi connectivity index (χ0n) is 19.2. The van der Waals surface area contributed by atoms with Crippen LogP contribution in [0, 0.1) is 6.92 Å². The molecule has 0 aliphatic heterocycles. The van der Waals surface area contributed by atoms with Gasteiger partial charge in [0.1, 0.15) is 17.2 Å². The molecule has 1 heterocycles. The molecule has 0 bridgehead atoms. The predicted molar refractivity (Wildman–Crippen MR) is 129 cm³/mol. The highest BCUT2D eigenvalue weighted by atomic mass is 32.2. The Morgan fingerprint density at radius 1 is 1.18 bits per heavy atom. The summed E-state index contributed by atoms with van der Waals surface area (Å²) in [6.45, 7) is 8.26. The van der Waals surface area contributed by atoms with Crippen molar-refractivity contribution in [3.63, 3.8) is 0 Å². The molecule has 0 aliphatic rings. The van der Waals surface area contributed by atoms with Crippen LogP contribution in [-0.2, 0) is 11.3 Å². The Bertz CT molecular complexity index is 1120. The number of methoxy groups -OCH3 is 2. The summed E-state index contributed by atoms with van der Waals surface area (Å²) < 4.78 is 18.5. The van der Waals surface area contributed by atoms with Crippen molar-refractivity contribution in [2.24, 2.45) is 0 Å². The van der Waals surface area contributed by atoms with Gasteiger partial charge in [-0.2, -0.15) is 0 Å². The number of rotatable bonds is 11. The first-order chi connectivity index (χ1) is 15.9. The predicted octanol–water partition coefficient (Wildman–Crippen LogP) is 4.66. The second-order valence-electron chi connectivity index (χ2n) is 7.22. The van der Waals surface area contributed by atoms with Crippen LogP contribution in [0.25, 0.3) is 0 Å². The lowest BCUT2D eigenvalue weighted by Crippen LogP contribution is -2.16. The summed E-state index contributed by atoms with van der Waals surface area (Å²) in [5, 5.41) is 12.1. The SMILES string of the molecule is C=CCn1c(SCC(=O)Nc2ccc(OC)cc2OC)nnc1C(C)Oc1cccc(C)c1. The lowest BCUT2D eigenvalue weighted by Gasteiger charge is -2.16. The van der Waals surface area contributed by atoms with Gasteiger partial charge in [-0.05, 0) is 43.7 Å². The molecule has 0 saturated carbocycles. The van der Waals surface area contributed by atoms with Crippen molar-refractivity contribution in [1.29, 1.82) is 0 Å². The van der Waals surface area contributed by atoms with Gasteiger partial charge in [0.05, 0.1) is 25.7 Å². The quantitative estimate of drug-likeness (QED) is 0.323. The van der Waals surface area contributed by atoms with Gasteiger partial charge >= 0.3 is 0 Å². The molecule has 0 spiro atoms. The van der Waals surface area contributed by atoms with Crippen molar-refractivity contribution >= 4 is 23.4 Å². The maximum absolute atomic E-state index is 12.6. The van der Waals surface area contributed by atoms with Crippen LogP contribution in [0.3, 0.4) is 0 Å². The Hall–Kier alpha value is -3.46. The molecule has 1 amide bonds. The van der Waals surface area contributed by atoms with Gasteiger partial charge in [-0.25, -0.2) is 0 Å². The highest BCUT2D eigenvalue weighted by Crippen LogP contribution is 2.30. The minimum absolute atomic E-state index is 0.150. The molecule has 174 valence electrons. The third-order valence-corrected chi connectivity index (χ3v) is 5.71. The van der Waals surface area contributed by atoms with Crippen LogP contribution in [-0.4, -0.2) is 40.6 Å². The fraction of sp³-hybridized carbons (Fsp3) is 0.292. The van der Waals surface area contributed by atoms with Gasteiger partial charge < -0.3 is 19.5 Å². The van der Waals surface area contributed by atoms with E-state index in [1.807, 2.05) is 42.7 Å². The van der Waals surface area contributed by atoms with Crippen LogP contribution >= 0.6 is 11.8 Å². The molecule has 0 aliphatic carbocycles. The number of ether oxygens (including phenoxy) is 3. The summed E-state index contributed by atoms with van der Waals surface area (Å²) >= 11 is 1.29. The van der Waals surface area contributed by atoms with Crippen molar-refractivity contribution < 1.29 is 19.0 Å². The van der Waals surface area contributed by atoms with Gasteiger partial charge in [0.15, 0.2) is 17.1 Å². The number of allylic oxidation sites excluding steroid dienone is 1. The van der Waals surface area contributed by atoms with E-state index in [1.54, 1.807) is 38.5 Å². The Labute approximate surface area is 198 Å². The molecule has 8 nitrogen and oxygen atoms in total. The van der Waals surface area contributed by atoms with Crippen molar-refractivity contribution in [2.75, 3.05) is 25.3 Å². The molecule has 1 atom stereocenters. The van der Waals surface area contributed by atoms with Gasteiger partial charge in [0, 0.05) is 12.6 Å². The zero-order valence-corrected chi connectivity index (χ0v) is 20.0. The molecule has 0 radical (unpaired) electrons. The fourth-order valence-corrected chi connectivity index (χ4v) is 3.93. The van der Waals surface area contributed by atoms with E-state index in [9.17, 15) is 4.79 Å². The number of nitrogens with zero attached hydrogens (tertiary/aromatic N) is 3. The van der Waals surface area contributed by atoms with Crippen molar-refractivity contribution in [3.05, 3.63) is 66.5 Å². The number of carbonyl (C=O) groups is 1. The lowest BCUT2D eigenvalue weighted by molar-refractivity contribution is -0.113. The fourth-order valence-electron chi connectivity index (χ4n) is 3.17. The Balaban J connectivity index is 1.68. The molecule has 9 heteroatoms. The maximum Gasteiger partial charge on any atom is 0.234 e. The summed E-state index contributed by atoms with van der Waals surface area (Å²) in [6, 6.07) is 13.0. The number of benzene rings is 2. The van der Waals surface area contributed by atoms with Crippen LogP contribution in [0.1, 0.15) is 24.4 Å². The van der Waals surface area contributed by atoms with Crippen molar-refractivity contribution in [1.82, 2.24) is 14.8 Å². The van der Waals surface area contributed by atoms with Gasteiger partial charge in [-0.15, -0.1) is 16.8 Å². The Morgan fingerprint density at radius 2 is 2.00 bits per heavy atom. The van der Waals surface area contributed by atoms with Gasteiger partial charge in [0.25, 0.3) is 0 Å². The molecule has 1 aromatic heterocycles. The number of thioether (sulfide) groups is 1. The molecule has 2 aromatic carbocycles. The number of amides is 1. The van der Waals surface area contributed by atoms with Crippen molar-refractivity contribution in [2.45, 2.75) is 31.7 Å². The van der Waals surface area contributed by atoms with Crippen LogP contribution in [0.2, 0.25) is 0 Å². The third-order valence-electron chi connectivity index (χ3n) is 4.74. The summed E-state index contributed by atoms with van der Waals surface area (Å²) in [4.78, 5) is 12.6. The number of aryl methyl sites for hydroxylation is 1. The van der Waals surface area contributed by atoms with Gasteiger partial charge in [-0.1, -0.05) is 30.0 Å². The monoisotopic (exact) mass is 468 g/mol. The average molecular weight is 469 g/mol. The third kappa shape index (κ3) is 6.29. The minimum atomic E-state index is -0.328. The van der Waals surface area contributed by atoms with E-state index in [2.05, 4.69) is 22.1 Å². The lowest BCUT2D eigenvalue weighted by atomic mass is 10.2. The second kappa shape index (κ2) is 11.4. The van der Waals surface area contributed by atoms with E-state index >= 15 is 0 Å². The van der Waals surface area contributed by atoms with E-state index in [4.69, 9.17) is 14.2 Å². The summed E-state index contributed by atoms with van der Waals surface area (Å²) in [7, 11) is 3.11. The van der Waals surface area contributed by atoms with Crippen LogP contribution in [0.4, 0.5) is 5.69 Å². The highest BCUT2D eigenvalue weighted by Gasteiger charge is 2.20. The molecular weight excluding hydrogens is 440 g/mol. The van der Waals surface area contributed by atoms with E-state index in [0.29, 0.717) is 34.7 Å². The Kier molecular flexibility index (Phi) is 8.37. The largest absolute Gasteiger partial charge is 0.497 e. The topological polar surface area (TPSA) is 87.5 Å². The number of carbonyl (C=O) groups excluding carboxylic acids is 1. The van der Waals surface area contributed by atoms with Crippen LogP contribution < -0.4 is 19.5 Å². The minimum Gasteiger partial charge on any atom is -0.497 e. The van der Waals surface area contributed by atoms with E-state index in [0.717, 1.165) is 11.3 Å². The van der Waals surface area contributed by atoms with E-state index in [1.165, 1.54) is 11.8 Å². The van der Waals surface area contributed by atoms with Gasteiger partial charge in [0.2, 0.25) is 5.91 Å². The molecular formula is C24H28N4O4S. The summed E-state index contributed by atoms with van der Waals surface area (Å²) in [6.07, 6.45) is 1.43. The highest BCUT2D eigenvalue weighted by molar-refractivity contribution is 7.99. The maximum atomic E-state index is 12.6. The van der Waals surface area contributed by atoms with E-state index < -0.39 is 0 Å². The second-order valence-corrected chi connectivity index (χ2v) is 8.16. The molecule has 0 saturated heterocycles.